The monoisotopic (exact) mass is 320 g/mol. The molecule has 0 aliphatic carbocycles. The Labute approximate surface area is 129 Å². The number of aromatic nitrogens is 2. The summed E-state index contributed by atoms with van der Waals surface area (Å²) < 4.78 is 15.2. The summed E-state index contributed by atoms with van der Waals surface area (Å²) in [5.41, 5.74) is 2.03. The zero-order valence-electron chi connectivity index (χ0n) is 10.8. The topological polar surface area (TPSA) is 34.9 Å². The third-order valence-electron chi connectivity index (χ3n) is 2.98. The number of aldehydes is 1. The average Bonchev–Trinajstić information content (AvgIpc) is 3.07. The highest BCUT2D eigenvalue weighted by molar-refractivity contribution is 7.19. The van der Waals surface area contributed by atoms with Crippen LogP contribution in [0.25, 0.3) is 10.6 Å². The summed E-state index contributed by atoms with van der Waals surface area (Å²) in [4.78, 5) is 12.0. The summed E-state index contributed by atoms with van der Waals surface area (Å²) in [5.74, 6) is -0.276. The highest BCUT2D eigenvalue weighted by Crippen LogP contribution is 2.31. The van der Waals surface area contributed by atoms with E-state index in [1.807, 2.05) is 6.07 Å². The number of hydrogen-bond acceptors (Lipinski definition) is 3. The third-order valence-corrected chi connectivity index (χ3v) is 4.22. The first-order valence-electron chi connectivity index (χ1n) is 6.18. The number of thiophene rings is 1. The molecular weight excluding hydrogens is 311 g/mol. The fraction of sp³-hybridized carbons (Fsp3) is 0.0667. The van der Waals surface area contributed by atoms with Crippen LogP contribution in [0.2, 0.25) is 4.34 Å². The van der Waals surface area contributed by atoms with Gasteiger partial charge in [-0.2, -0.15) is 5.10 Å². The van der Waals surface area contributed by atoms with Gasteiger partial charge in [-0.1, -0.05) is 23.7 Å². The van der Waals surface area contributed by atoms with Crippen molar-refractivity contribution in [3.63, 3.8) is 0 Å². The van der Waals surface area contributed by atoms with Gasteiger partial charge in [-0.15, -0.1) is 11.3 Å². The lowest BCUT2D eigenvalue weighted by Crippen LogP contribution is -2.00. The largest absolute Gasteiger partial charge is 0.298 e. The van der Waals surface area contributed by atoms with Gasteiger partial charge in [0.05, 0.1) is 21.3 Å². The van der Waals surface area contributed by atoms with E-state index in [-0.39, 0.29) is 5.82 Å². The second-order valence-corrected chi connectivity index (χ2v) is 6.19. The molecule has 106 valence electrons. The second kappa shape index (κ2) is 5.79. The third kappa shape index (κ3) is 3.04. The van der Waals surface area contributed by atoms with Crippen LogP contribution in [-0.4, -0.2) is 16.1 Å². The summed E-state index contributed by atoms with van der Waals surface area (Å²) in [7, 11) is 0. The first-order chi connectivity index (χ1) is 10.2. The Kier molecular flexibility index (Phi) is 3.86. The second-order valence-electron chi connectivity index (χ2n) is 4.48. The van der Waals surface area contributed by atoms with Crippen molar-refractivity contribution in [3.8, 4) is 10.6 Å². The Bertz CT molecular complexity index is 779. The quantitative estimate of drug-likeness (QED) is 0.673. The van der Waals surface area contributed by atoms with Gasteiger partial charge < -0.3 is 0 Å². The number of hydrogen-bond donors (Lipinski definition) is 0. The van der Waals surface area contributed by atoms with Crippen molar-refractivity contribution in [3.05, 3.63) is 63.9 Å². The number of benzene rings is 1. The maximum Gasteiger partial charge on any atom is 0.153 e. The zero-order valence-corrected chi connectivity index (χ0v) is 12.4. The summed E-state index contributed by atoms with van der Waals surface area (Å²) in [5, 5.41) is 4.43. The van der Waals surface area contributed by atoms with E-state index in [0.717, 1.165) is 16.7 Å². The van der Waals surface area contributed by atoms with Gasteiger partial charge in [-0.3, -0.25) is 9.48 Å². The van der Waals surface area contributed by atoms with Gasteiger partial charge in [0, 0.05) is 6.20 Å². The van der Waals surface area contributed by atoms with Crippen molar-refractivity contribution in [2.24, 2.45) is 0 Å². The Balaban J connectivity index is 1.92. The molecule has 0 bridgehead atoms. The van der Waals surface area contributed by atoms with E-state index < -0.39 is 0 Å². The maximum atomic E-state index is 12.9. The predicted octanol–water partition coefficient (Wildman–Crippen LogP) is 4.26. The zero-order chi connectivity index (χ0) is 14.8. The minimum absolute atomic E-state index is 0.276. The van der Waals surface area contributed by atoms with Gasteiger partial charge in [0.2, 0.25) is 0 Å². The Hall–Kier alpha value is -1.98. The molecule has 0 amide bonds. The van der Waals surface area contributed by atoms with Crippen LogP contribution in [0.4, 0.5) is 4.39 Å². The molecule has 0 N–H and O–H groups in total. The molecule has 2 heterocycles. The molecule has 0 spiro atoms. The molecule has 3 rings (SSSR count). The fourth-order valence-corrected chi connectivity index (χ4v) is 3.06. The average molecular weight is 321 g/mol. The van der Waals surface area contributed by atoms with Crippen molar-refractivity contribution in [1.82, 2.24) is 9.78 Å². The van der Waals surface area contributed by atoms with Crippen LogP contribution in [0.3, 0.4) is 0 Å². The van der Waals surface area contributed by atoms with Crippen molar-refractivity contribution in [2.45, 2.75) is 6.54 Å². The van der Waals surface area contributed by atoms with Gasteiger partial charge in [-0.05, 0) is 29.8 Å². The first-order valence-corrected chi connectivity index (χ1v) is 7.38. The van der Waals surface area contributed by atoms with Crippen LogP contribution >= 0.6 is 22.9 Å². The minimum atomic E-state index is -0.276. The van der Waals surface area contributed by atoms with Crippen LogP contribution in [-0.2, 0) is 6.54 Å². The fourth-order valence-electron chi connectivity index (χ4n) is 2.01. The Morgan fingerprint density at radius 3 is 2.62 bits per heavy atom. The standard InChI is InChI=1S/C15H10ClFN2OS/c16-14-6-5-13(21-14)15-11(9-20)8-19(18-15)7-10-1-3-12(17)4-2-10/h1-6,8-9H,7H2. The summed E-state index contributed by atoms with van der Waals surface area (Å²) in [6.07, 6.45) is 2.45. The normalized spacial score (nSPS) is 10.8. The maximum absolute atomic E-state index is 12.9. The van der Waals surface area contributed by atoms with Crippen LogP contribution in [0.1, 0.15) is 15.9 Å². The van der Waals surface area contributed by atoms with Crippen molar-refractivity contribution < 1.29 is 9.18 Å². The van der Waals surface area contributed by atoms with E-state index in [2.05, 4.69) is 5.10 Å². The molecule has 0 saturated heterocycles. The SMILES string of the molecule is O=Cc1cn(Cc2ccc(F)cc2)nc1-c1ccc(Cl)s1. The number of rotatable bonds is 4. The summed E-state index contributed by atoms with van der Waals surface area (Å²) in [6, 6.07) is 9.80. The Morgan fingerprint density at radius 2 is 2.00 bits per heavy atom. The number of halogens is 2. The van der Waals surface area contributed by atoms with Gasteiger partial charge in [0.15, 0.2) is 6.29 Å². The molecule has 1 aromatic carbocycles. The molecule has 0 atom stereocenters. The molecule has 0 aliphatic rings. The van der Waals surface area contributed by atoms with E-state index in [9.17, 15) is 9.18 Å². The molecular formula is C15H10ClFN2OS. The van der Waals surface area contributed by atoms with Crippen LogP contribution < -0.4 is 0 Å². The number of nitrogens with zero attached hydrogens (tertiary/aromatic N) is 2. The molecule has 0 fully saturated rings. The van der Waals surface area contributed by atoms with Gasteiger partial charge >= 0.3 is 0 Å². The molecule has 21 heavy (non-hydrogen) atoms. The van der Waals surface area contributed by atoms with E-state index in [1.54, 1.807) is 29.1 Å². The molecule has 3 aromatic rings. The lowest BCUT2D eigenvalue weighted by molar-refractivity contribution is 0.112. The van der Waals surface area contributed by atoms with Crippen molar-refractivity contribution >= 4 is 29.2 Å². The van der Waals surface area contributed by atoms with Crippen LogP contribution in [0, 0.1) is 5.82 Å². The highest BCUT2D eigenvalue weighted by atomic mass is 35.5. The van der Waals surface area contributed by atoms with Crippen molar-refractivity contribution in [1.29, 1.82) is 0 Å². The minimum Gasteiger partial charge on any atom is -0.298 e. The van der Waals surface area contributed by atoms with E-state index in [1.165, 1.54) is 23.5 Å². The first kappa shape index (κ1) is 14.0. The van der Waals surface area contributed by atoms with Gasteiger partial charge in [0.1, 0.15) is 11.5 Å². The van der Waals surface area contributed by atoms with E-state index in [4.69, 9.17) is 11.6 Å². The van der Waals surface area contributed by atoms with E-state index >= 15 is 0 Å². The number of carbonyl (C=O) groups is 1. The lowest BCUT2D eigenvalue weighted by Gasteiger charge is -2.01. The summed E-state index contributed by atoms with van der Waals surface area (Å²) in [6.45, 7) is 0.472. The van der Waals surface area contributed by atoms with Gasteiger partial charge in [0.25, 0.3) is 0 Å². The molecule has 3 nitrogen and oxygen atoms in total. The van der Waals surface area contributed by atoms with Crippen LogP contribution in [0.5, 0.6) is 0 Å². The molecule has 2 aromatic heterocycles. The molecule has 0 aliphatic heterocycles. The molecule has 0 saturated carbocycles. The van der Waals surface area contributed by atoms with Gasteiger partial charge in [-0.25, -0.2) is 4.39 Å². The molecule has 0 unspecified atom stereocenters. The molecule has 6 heteroatoms. The van der Waals surface area contributed by atoms with Crippen molar-refractivity contribution in [2.75, 3.05) is 0 Å². The molecule has 0 radical (unpaired) electrons. The summed E-state index contributed by atoms with van der Waals surface area (Å²) >= 11 is 7.29. The van der Waals surface area contributed by atoms with E-state index in [0.29, 0.717) is 22.1 Å². The smallest absolute Gasteiger partial charge is 0.153 e. The Morgan fingerprint density at radius 1 is 1.24 bits per heavy atom. The predicted molar refractivity (Wildman–Crippen MR) is 81.4 cm³/mol. The van der Waals surface area contributed by atoms with Crippen LogP contribution in [0.15, 0.2) is 42.6 Å². The highest BCUT2D eigenvalue weighted by Gasteiger charge is 2.13. The number of carbonyl (C=O) groups excluding carboxylic acids is 1. The lowest BCUT2D eigenvalue weighted by atomic mass is 10.2.